The van der Waals surface area contributed by atoms with Crippen LogP contribution in [0.3, 0.4) is 0 Å². The molecule has 0 aliphatic rings. The molecule has 9 nitrogen and oxygen atoms in total. The van der Waals surface area contributed by atoms with Crippen LogP contribution in [-0.4, -0.2) is 29.6 Å². The summed E-state index contributed by atoms with van der Waals surface area (Å²) in [4.78, 5) is 34.6. The standard InChI is InChI=1S/C22H16ClN3O6/c23-17-11-9-15(10-12-17)22(28)32-19-7-3-1-5-16(19)13-24-25-21(27)14-31-20-8-4-2-6-18(20)26(29)30/h1-13H,14H2,(H,25,27)/b24-13-. The van der Waals surface area contributed by atoms with Crippen LogP contribution in [0.2, 0.25) is 5.02 Å². The molecule has 0 aliphatic carbocycles. The molecular formula is C22H16ClN3O6. The van der Waals surface area contributed by atoms with Crippen molar-refractivity contribution in [1.29, 1.82) is 0 Å². The molecule has 0 aliphatic heterocycles. The molecule has 1 N–H and O–H groups in total. The Balaban J connectivity index is 1.59. The van der Waals surface area contributed by atoms with Crippen molar-refractivity contribution in [3.05, 3.63) is 99.1 Å². The van der Waals surface area contributed by atoms with E-state index in [9.17, 15) is 19.7 Å². The molecule has 0 saturated heterocycles. The Labute approximate surface area is 187 Å². The van der Waals surface area contributed by atoms with E-state index in [0.29, 0.717) is 16.1 Å². The lowest BCUT2D eigenvalue weighted by molar-refractivity contribution is -0.385. The molecule has 3 aromatic rings. The van der Waals surface area contributed by atoms with Gasteiger partial charge >= 0.3 is 11.7 Å². The number of nitro benzene ring substituents is 1. The fourth-order valence-corrected chi connectivity index (χ4v) is 2.63. The SMILES string of the molecule is O=C(COc1ccccc1[N+](=O)[O-])N/N=C\c1ccccc1OC(=O)c1ccc(Cl)cc1. The van der Waals surface area contributed by atoms with E-state index in [1.54, 1.807) is 54.6 Å². The number of hydrazone groups is 1. The lowest BCUT2D eigenvalue weighted by Crippen LogP contribution is -2.24. The average Bonchev–Trinajstić information content (AvgIpc) is 2.79. The summed E-state index contributed by atoms with van der Waals surface area (Å²) in [6.45, 7) is -0.477. The first-order valence-corrected chi connectivity index (χ1v) is 9.57. The second kappa shape index (κ2) is 10.7. The number of halogens is 1. The first-order valence-electron chi connectivity index (χ1n) is 9.19. The largest absolute Gasteiger partial charge is 0.477 e. The van der Waals surface area contributed by atoms with Crippen LogP contribution in [-0.2, 0) is 4.79 Å². The van der Waals surface area contributed by atoms with Crippen LogP contribution in [0.15, 0.2) is 77.9 Å². The van der Waals surface area contributed by atoms with Gasteiger partial charge in [-0.15, -0.1) is 0 Å². The zero-order valence-corrected chi connectivity index (χ0v) is 17.2. The van der Waals surface area contributed by atoms with Crippen molar-refractivity contribution in [3.8, 4) is 11.5 Å². The highest BCUT2D eigenvalue weighted by atomic mass is 35.5. The number of esters is 1. The fraction of sp³-hybridized carbons (Fsp3) is 0.0455. The maximum Gasteiger partial charge on any atom is 0.343 e. The van der Waals surface area contributed by atoms with Gasteiger partial charge in [0.05, 0.1) is 16.7 Å². The molecule has 0 heterocycles. The Morgan fingerprint density at radius 1 is 1.00 bits per heavy atom. The van der Waals surface area contributed by atoms with Crippen LogP contribution >= 0.6 is 11.6 Å². The number of amides is 1. The Kier molecular flexibility index (Phi) is 7.50. The maximum absolute atomic E-state index is 12.3. The van der Waals surface area contributed by atoms with E-state index in [4.69, 9.17) is 21.1 Å². The summed E-state index contributed by atoms with van der Waals surface area (Å²) in [6.07, 6.45) is 1.30. The number of hydrogen-bond acceptors (Lipinski definition) is 7. The zero-order chi connectivity index (χ0) is 22.9. The summed E-state index contributed by atoms with van der Waals surface area (Å²) in [7, 11) is 0. The van der Waals surface area contributed by atoms with Gasteiger partial charge in [-0.2, -0.15) is 5.10 Å². The second-order valence-electron chi connectivity index (χ2n) is 6.24. The third-order valence-electron chi connectivity index (χ3n) is 4.02. The first-order chi connectivity index (χ1) is 15.4. The Hall–Kier alpha value is -4.24. The maximum atomic E-state index is 12.3. The molecule has 1 amide bonds. The number of carbonyl (C=O) groups excluding carboxylic acids is 2. The highest BCUT2D eigenvalue weighted by Crippen LogP contribution is 2.25. The number of nitrogens with zero attached hydrogens (tertiary/aromatic N) is 2. The molecule has 3 aromatic carbocycles. The molecule has 3 rings (SSSR count). The minimum Gasteiger partial charge on any atom is -0.477 e. The minimum atomic E-state index is -0.630. The quantitative estimate of drug-likeness (QED) is 0.181. The highest BCUT2D eigenvalue weighted by Gasteiger charge is 2.15. The molecule has 0 spiro atoms. The van der Waals surface area contributed by atoms with Gasteiger partial charge in [-0.3, -0.25) is 14.9 Å². The average molecular weight is 454 g/mol. The van der Waals surface area contributed by atoms with Crippen LogP contribution in [0, 0.1) is 10.1 Å². The van der Waals surface area contributed by atoms with Crippen molar-refractivity contribution in [1.82, 2.24) is 5.43 Å². The summed E-state index contributed by atoms with van der Waals surface area (Å²) < 4.78 is 10.6. The van der Waals surface area contributed by atoms with Crippen LogP contribution in [0.4, 0.5) is 5.69 Å². The smallest absolute Gasteiger partial charge is 0.343 e. The number of rotatable bonds is 8. The number of para-hydroxylation sites is 3. The summed E-state index contributed by atoms with van der Waals surface area (Å²) in [5.74, 6) is -1.00. The molecular weight excluding hydrogens is 438 g/mol. The Bertz CT molecular complexity index is 1160. The van der Waals surface area contributed by atoms with E-state index in [1.165, 1.54) is 24.4 Å². The van der Waals surface area contributed by atoms with Crippen LogP contribution in [0.25, 0.3) is 0 Å². The van der Waals surface area contributed by atoms with Crippen LogP contribution < -0.4 is 14.9 Å². The van der Waals surface area contributed by atoms with E-state index in [1.807, 2.05) is 0 Å². The van der Waals surface area contributed by atoms with Gasteiger partial charge in [-0.05, 0) is 42.5 Å². The molecule has 0 bridgehead atoms. The van der Waals surface area contributed by atoms with E-state index in [0.717, 1.165) is 0 Å². The van der Waals surface area contributed by atoms with Crippen molar-refractivity contribution in [3.63, 3.8) is 0 Å². The molecule has 0 atom stereocenters. The zero-order valence-electron chi connectivity index (χ0n) is 16.4. The summed E-state index contributed by atoms with van der Waals surface area (Å²) >= 11 is 5.82. The number of carbonyl (C=O) groups is 2. The van der Waals surface area contributed by atoms with Crippen LogP contribution in [0.1, 0.15) is 15.9 Å². The van der Waals surface area contributed by atoms with E-state index < -0.39 is 23.4 Å². The van der Waals surface area contributed by atoms with Crippen molar-refractivity contribution in [2.24, 2.45) is 5.10 Å². The van der Waals surface area contributed by atoms with Crippen molar-refractivity contribution < 1.29 is 24.0 Å². The number of hydrogen-bond donors (Lipinski definition) is 1. The van der Waals surface area contributed by atoms with Gasteiger partial charge in [-0.1, -0.05) is 35.9 Å². The second-order valence-corrected chi connectivity index (χ2v) is 6.68. The van der Waals surface area contributed by atoms with Gasteiger partial charge < -0.3 is 9.47 Å². The Morgan fingerprint density at radius 3 is 2.38 bits per heavy atom. The van der Waals surface area contributed by atoms with E-state index in [-0.39, 0.29) is 17.2 Å². The predicted molar refractivity (Wildman–Crippen MR) is 117 cm³/mol. The first kappa shape index (κ1) is 22.4. The van der Waals surface area contributed by atoms with Gasteiger partial charge in [0.2, 0.25) is 0 Å². The van der Waals surface area contributed by atoms with Gasteiger partial charge in [0.1, 0.15) is 5.75 Å². The number of nitro groups is 1. The third-order valence-corrected chi connectivity index (χ3v) is 4.27. The molecule has 162 valence electrons. The lowest BCUT2D eigenvalue weighted by Gasteiger charge is -2.07. The monoisotopic (exact) mass is 453 g/mol. The molecule has 32 heavy (non-hydrogen) atoms. The van der Waals surface area contributed by atoms with Gasteiger partial charge in [0.15, 0.2) is 12.4 Å². The molecule has 0 radical (unpaired) electrons. The number of nitrogens with one attached hydrogen (secondary N) is 1. The van der Waals surface area contributed by atoms with Crippen molar-refractivity contribution in [2.75, 3.05) is 6.61 Å². The summed E-state index contributed by atoms with van der Waals surface area (Å²) in [5, 5.41) is 15.3. The number of benzene rings is 3. The van der Waals surface area contributed by atoms with E-state index >= 15 is 0 Å². The number of ether oxygens (including phenoxy) is 2. The molecule has 10 heteroatoms. The third kappa shape index (κ3) is 6.13. The van der Waals surface area contributed by atoms with Crippen molar-refractivity contribution in [2.45, 2.75) is 0 Å². The molecule has 0 aromatic heterocycles. The fourth-order valence-electron chi connectivity index (χ4n) is 2.50. The van der Waals surface area contributed by atoms with Crippen LogP contribution in [0.5, 0.6) is 11.5 Å². The lowest BCUT2D eigenvalue weighted by atomic mass is 10.2. The predicted octanol–water partition coefficient (Wildman–Crippen LogP) is 4.00. The highest BCUT2D eigenvalue weighted by molar-refractivity contribution is 6.30. The normalized spacial score (nSPS) is 10.5. The molecule has 0 unspecified atom stereocenters. The van der Waals surface area contributed by atoms with Gasteiger partial charge in [0, 0.05) is 16.7 Å². The van der Waals surface area contributed by atoms with Gasteiger partial charge in [0.25, 0.3) is 5.91 Å². The van der Waals surface area contributed by atoms with Gasteiger partial charge in [-0.25, -0.2) is 10.2 Å². The molecule has 0 fully saturated rings. The van der Waals surface area contributed by atoms with E-state index in [2.05, 4.69) is 10.5 Å². The minimum absolute atomic E-state index is 0.0314. The topological polar surface area (TPSA) is 120 Å². The Morgan fingerprint density at radius 2 is 1.66 bits per heavy atom. The molecule has 0 saturated carbocycles. The van der Waals surface area contributed by atoms with Crippen molar-refractivity contribution >= 4 is 35.4 Å². The summed E-state index contributed by atoms with van der Waals surface area (Å²) in [6, 6.07) is 18.6. The summed E-state index contributed by atoms with van der Waals surface area (Å²) in [5.41, 5.74) is 2.76.